The number of hydrogen-bond donors (Lipinski definition) is 3. The largest absolute Gasteiger partial charge is 0.370 e. The molecule has 0 aliphatic rings. The number of rotatable bonds is 5. The summed E-state index contributed by atoms with van der Waals surface area (Å²) in [5, 5.41) is 3.70. The highest BCUT2D eigenvalue weighted by atomic mass is 16.2. The molecule has 0 saturated heterocycles. The second-order valence-electron chi connectivity index (χ2n) is 7.58. The molecule has 2 aromatic rings. The van der Waals surface area contributed by atoms with Crippen molar-refractivity contribution >= 4 is 22.8 Å². The molecule has 0 spiro atoms. The van der Waals surface area contributed by atoms with Crippen LogP contribution in [0.1, 0.15) is 43.2 Å². The summed E-state index contributed by atoms with van der Waals surface area (Å²) in [6.07, 6.45) is 0.894. The first kappa shape index (κ1) is 19.0. The van der Waals surface area contributed by atoms with Crippen LogP contribution >= 0.6 is 0 Å². The minimum atomic E-state index is -0.273. The first-order chi connectivity index (χ1) is 11.7. The van der Waals surface area contributed by atoms with Crippen molar-refractivity contribution in [2.45, 2.75) is 32.6 Å². The summed E-state index contributed by atoms with van der Waals surface area (Å²) in [6.45, 7) is 8.00. The Balaban J connectivity index is 2.11. The average molecular weight is 343 g/mol. The third-order valence-corrected chi connectivity index (χ3v) is 4.00. The van der Waals surface area contributed by atoms with Gasteiger partial charge >= 0.3 is 0 Å². The standard InChI is InChI=1S/C19H29N5O/c1-19(2,3)14-8-6-9-15-13(14)12-16(22-15)17(25)23-18(20)21-10-7-11-24(4)5/h6,8-9,12,22H,7,10-11H2,1-5H3,(H3,20,21,23,25). The highest BCUT2D eigenvalue weighted by Gasteiger charge is 2.19. The SMILES string of the molecule is CN(C)CCCN=C(N)NC(=O)c1cc2c(C(C)(C)C)cccc2[nH]1. The van der Waals surface area contributed by atoms with Gasteiger partial charge in [-0.1, -0.05) is 32.9 Å². The first-order valence-electron chi connectivity index (χ1n) is 8.56. The highest BCUT2D eigenvalue weighted by Crippen LogP contribution is 2.30. The molecule has 1 aromatic carbocycles. The number of nitrogens with one attached hydrogen (secondary N) is 2. The topological polar surface area (TPSA) is 86.5 Å². The number of carbonyl (C=O) groups is 1. The number of hydrogen-bond acceptors (Lipinski definition) is 3. The third-order valence-electron chi connectivity index (χ3n) is 4.00. The normalized spacial score (nSPS) is 12.8. The Labute approximate surface area is 149 Å². The molecular formula is C19H29N5O. The quantitative estimate of drug-likeness (QED) is 0.443. The number of benzene rings is 1. The minimum Gasteiger partial charge on any atom is -0.370 e. The Bertz CT molecular complexity index is 768. The lowest BCUT2D eigenvalue weighted by molar-refractivity contribution is 0.0972. The number of aromatic amines is 1. The van der Waals surface area contributed by atoms with E-state index in [-0.39, 0.29) is 17.3 Å². The molecule has 4 N–H and O–H groups in total. The van der Waals surface area contributed by atoms with Gasteiger partial charge in [-0.2, -0.15) is 0 Å². The van der Waals surface area contributed by atoms with Crippen molar-refractivity contribution in [2.75, 3.05) is 27.2 Å². The highest BCUT2D eigenvalue weighted by molar-refractivity contribution is 6.06. The van der Waals surface area contributed by atoms with Gasteiger partial charge in [0, 0.05) is 17.4 Å². The molecule has 6 nitrogen and oxygen atoms in total. The molecule has 1 amide bonds. The molecule has 0 unspecified atom stereocenters. The summed E-state index contributed by atoms with van der Waals surface area (Å²) < 4.78 is 0. The van der Waals surface area contributed by atoms with Crippen molar-refractivity contribution in [1.82, 2.24) is 15.2 Å². The summed E-state index contributed by atoms with van der Waals surface area (Å²) >= 11 is 0. The van der Waals surface area contributed by atoms with Crippen LogP contribution in [-0.2, 0) is 5.41 Å². The zero-order chi connectivity index (χ0) is 18.6. The van der Waals surface area contributed by atoms with Crippen LogP contribution in [0.3, 0.4) is 0 Å². The fourth-order valence-corrected chi connectivity index (χ4v) is 2.74. The van der Waals surface area contributed by atoms with Crippen LogP contribution in [0.15, 0.2) is 29.3 Å². The summed E-state index contributed by atoms with van der Waals surface area (Å²) in [4.78, 5) is 21.9. The first-order valence-corrected chi connectivity index (χ1v) is 8.56. The molecule has 0 fully saturated rings. The maximum atomic E-state index is 12.4. The average Bonchev–Trinajstić information content (AvgIpc) is 2.94. The number of nitrogens with zero attached hydrogens (tertiary/aromatic N) is 2. The minimum absolute atomic E-state index is 0.00236. The van der Waals surface area contributed by atoms with Crippen LogP contribution in [-0.4, -0.2) is 48.9 Å². The van der Waals surface area contributed by atoms with Crippen LogP contribution in [0.5, 0.6) is 0 Å². The lowest BCUT2D eigenvalue weighted by Gasteiger charge is -2.19. The van der Waals surface area contributed by atoms with E-state index < -0.39 is 0 Å². The van der Waals surface area contributed by atoms with Gasteiger partial charge in [0.2, 0.25) is 0 Å². The zero-order valence-corrected chi connectivity index (χ0v) is 15.8. The molecule has 0 radical (unpaired) electrons. The number of amides is 1. The lowest BCUT2D eigenvalue weighted by Crippen LogP contribution is -2.37. The molecule has 1 aromatic heterocycles. The van der Waals surface area contributed by atoms with Gasteiger partial charge in [-0.15, -0.1) is 0 Å². The van der Waals surface area contributed by atoms with Crippen molar-refractivity contribution in [3.05, 3.63) is 35.5 Å². The maximum Gasteiger partial charge on any atom is 0.274 e. The van der Waals surface area contributed by atoms with Gasteiger partial charge in [0.1, 0.15) is 5.69 Å². The molecule has 25 heavy (non-hydrogen) atoms. The Hall–Kier alpha value is -2.34. The Kier molecular flexibility index (Phi) is 5.85. The zero-order valence-electron chi connectivity index (χ0n) is 15.8. The molecule has 136 valence electrons. The molecule has 0 atom stereocenters. The van der Waals surface area contributed by atoms with E-state index >= 15 is 0 Å². The van der Waals surface area contributed by atoms with Crippen molar-refractivity contribution in [3.63, 3.8) is 0 Å². The van der Waals surface area contributed by atoms with Crippen molar-refractivity contribution < 1.29 is 4.79 Å². The van der Waals surface area contributed by atoms with Gasteiger partial charge in [-0.25, -0.2) is 0 Å². The van der Waals surface area contributed by atoms with Crippen LogP contribution in [0.4, 0.5) is 0 Å². The monoisotopic (exact) mass is 343 g/mol. The summed E-state index contributed by atoms with van der Waals surface area (Å²) in [5.41, 5.74) is 8.44. The number of aliphatic imine (C=N–C) groups is 1. The summed E-state index contributed by atoms with van der Waals surface area (Å²) in [5.74, 6) is -0.122. The molecule has 1 heterocycles. The van der Waals surface area contributed by atoms with E-state index in [1.54, 1.807) is 0 Å². The number of aromatic nitrogens is 1. The van der Waals surface area contributed by atoms with E-state index in [0.717, 1.165) is 23.9 Å². The van der Waals surface area contributed by atoms with Gasteiger partial charge in [-0.3, -0.25) is 15.1 Å². The molecule has 0 saturated carbocycles. The Morgan fingerprint density at radius 1 is 1.32 bits per heavy atom. The predicted octanol–water partition coefficient (Wildman–Crippen LogP) is 2.46. The van der Waals surface area contributed by atoms with Crippen molar-refractivity contribution in [2.24, 2.45) is 10.7 Å². The van der Waals surface area contributed by atoms with E-state index in [2.05, 4.69) is 47.0 Å². The van der Waals surface area contributed by atoms with Gasteiger partial charge in [0.25, 0.3) is 5.91 Å². The summed E-state index contributed by atoms with van der Waals surface area (Å²) in [7, 11) is 4.02. The van der Waals surface area contributed by atoms with Crippen LogP contribution in [0.2, 0.25) is 0 Å². The second kappa shape index (κ2) is 7.70. The number of H-pyrrole nitrogens is 1. The molecule has 6 heteroatoms. The lowest BCUT2D eigenvalue weighted by atomic mass is 9.85. The van der Waals surface area contributed by atoms with Crippen LogP contribution < -0.4 is 11.1 Å². The second-order valence-corrected chi connectivity index (χ2v) is 7.58. The number of carbonyl (C=O) groups excluding carboxylic acids is 1. The number of nitrogens with two attached hydrogens (primary N) is 1. The van der Waals surface area contributed by atoms with E-state index in [1.165, 1.54) is 5.56 Å². The van der Waals surface area contributed by atoms with E-state index in [4.69, 9.17) is 5.73 Å². The van der Waals surface area contributed by atoms with Crippen molar-refractivity contribution in [1.29, 1.82) is 0 Å². The van der Waals surface area contributed by atoms with Gasteiger partial charge < -0.3 is 15.6 Å². The molecule has 0 aliphatic heterocycles. The van der Waals surface area contributed by atoms with Crippen LogP contribution in [0.25, 0.3) is 10.9 Å². The fraction of sp³-hybridized carbons (Fsp3) is 0.474. The van der Waals surface area contributed by atoms with Gasteiger partial charge in [0.15, 0.2) is 5.96 Å². The molecule has 2 rings (SSSR count). The predicted molar refractivity (Wildman–Crippen MR) is 104 cm³/mol. The molecule has 0 aliphatic carbocycles. The fourth-order valence-electron chi connectivity index (χ4n) is 2.74. The van der Waals surface area contributed by atoms with E-state index in [1.807, 2.05) is 32.3 Å². The molecular weight excluding hydrogens is 314 g/mol. The Morgan fingerprint density at radius 2 is 2.04 bits per heavy atom. The van der Waals surface area contributed by atoms with Crippen LogP contribution in [0, 0.1) is 0 Å². The smallest absolute Gasteiger partial charge is 0.274 e. The van der Waals surface area contributed by atoms with Crippen molar-refractivity contribution in [3.8, 4) is 0 Å². The maximum absolute atomic E-state index is 12.4. The van der Waals surface area contributed by atoms with E-state index in [9.17, 15) is 4.79 Å². The van der Waals surface area contributed by atoms with Gasteiger partial charge in [-0.05, 0) is 50.2 Å². The van der Waals surface area contributed by atoms with E-state index in [0.29, 0.717) is 12.2 Å². The Morgan fingerprint density at radius 3 is 2.68 bits per heavy atom. The third kappa shape index (κ3) is 5.06. The number of fused-ring (bicyclic) bond motifs is 1. The molecule has 0 bridgehead atoms. The summed E-state index contributed by atoms with van der Waals surface area (Å²) in [6, 6.07) is 7.95. The van der Waals surface area contributed by atoms with Gasteiger partial charge in [0.05, 0.1) is 0 Å². The number of guanidine groups is 1.